The summed E-state index contributed by atoms with van der Waals surface area (Å²) in [7, 11) is 0. The number of amides is 1. The lowest BCUT2D eigenvalue weighted by Gasteiger charge is -2.36. The van der Waals surface area contributed by atoms with Crippen LogP contribution in [0.1, 0.15) is 43.7 Å². The van der Waals surface area contributed by atoms with Crippen LogP contribution in [0.2, 0.25) is 0 Å². The number of carbonyl (C=O) groups excluding carboxylic acids is 1. The third-order valence-electron chi connectivity index (χ3n) is 4.78. The van der Waals surface area contributed by atoms with Gasteiger partial charge in [-0.15, -0.1) is 0 Å². The minimum absolute atomic E-state index is 0.266. The average Bonchev–Trinajstić information content (AvgIpc) is 2.67. The zero-order valence-electron chi connectivity index (χ0n) is 17.1. The summed E-state index contributed by atoms with van der Waals surface area (Å²) >= 11 is 0. The fourth-order valence-electron chi connectivity index (χ4n) is 3.28. The molecule has 0 bridgehead atoms. The van der Waals surface area contributed by atoms with Gasteiger partial charge in [0.15, 0.2) is 0 Å². The van der Waals surface area contributed by atoms with E-state index in [2.05, 4.69) is 4.90 Å². The molecule has 1 aliphatic rings. The van der Waals surface area contributed by atoms with E-state index < -0.39 is 11.7 Å². The number of benzene rings is 1. The monoisotopic (exact) mass is 383 g/mol. The quantitative estimate of drug-likeness (QED) is 0.878. The molecule has 1 fully saturated rings. The van der Waals surface area contributed by atoms with Crippen molar-refractivity contribution < 1.29 is 14.6 Å². The molecule has 0 unspecified atom stereocenters. The van der Waals surface area contributed by atoms with Crippen molar-refractivity contribution in [3.8, 4) is 0 Å². The Morgan fingerprint density at radius 1 is 1.07 bits per heavy atom. The first-order valence-electron chi connectivity index (χ1n) is 9.68. The lowest BCUT2D eigenvalue weighted by atomic mass is 10.0. The SMILES string of the molecule is Cc1nc(N2CCN(C(=O)OC(C)(C)C)CC2)ccc1[C@@H](O)c1ccccc1. The van der Waals surface area contributed by atoms with Crippen molar-refractivity contribution in [1.29, 1.82) is 0 Å². The summed E-state index contributed by atoms with van der Waals surface area (Å²) in [4.78, 5) is 20.8. The number of rotatable bonds is 3. The number of hydrogen-bond acceptors (Lipinski definition) is 5. The number of aromatic nitrogens is 1. The van der Waals surface area contributed by atoms with Crippen LogP contribution < -0.4 is 4.90 Å². The topological polar surface area (TPSA) is 65.9 Å². The van der Waals surface area contributed by atoms with Crippen molar-refractivity contribution in [2.24, 2.45) is 0 Å². The van der Waals surface area contributed by atoms with Gasteiger partial charge in [-0.3, -0.25) is 0 Å². The Morgan fingerprint density at radius 3 is 2.29 bits per heavy atom. The summed E-state index contributed by atoms with van der Waals surface area (Å²) in [5.41, 5.74) is 1.99. The van der Waals surface area contributed by atoms with E-state index in [0.717, 1.165) is 22.6 Å². The van der Waals surface area contributed by atoms with E-state index in [1.165, 1.54) is 0 Å². The minimum atomic E-state index is -0.688. The van der Waals surface area contributed by atoms with Crippen LogP contribution in [0.25, 0.3) is 0 Å². The van der Waals surface area contributed by atoms with Crippen molar-refractivity contribution in [2.45, 2.75) is 39.4 Å². The molecule has 3 rings (SSSR count). The predicted molar refractivity (Wildman–Crippen MR) is 109 cm³/mol. The Balaban J connectivity index is 1.65. The molecule has 1 atom stereocenters. The predicted octanol–water partition coefficient (Wildman–Crippen LogP) is 3.53. The van der Waals surface area contributed by atoms with Crippen molar-refractivity contribution in [2.75, 3.05) is 31.1 Å². The van der Waals surface area contributed by atoms with E-state index in [9.17, 15) is 9.90 Å². The van der Waals surface area contributed by atoms with E-state index in [1.54, 1.807) is 4.90 Å². The van der Waals surface area contributed by atoms with Gasteiger partial charge in [0, 0.05) is 37.4 Å². The first-order chi connectivity index (χ1) is 13.2. The Morgan fingerprint density at radius 2 is 1.71 bits per heavy atom. The molecular weight excluding hydrogens is 354 g/mol. The third-order valence-corrected chi connectivity index (χ3v) is 4.78. The molecule has 6 heteroatoms. The standard InChI is InChI=1S/C22H29N3O3/c1-16-18(20(26)17-8-6-5-7-9-17)10-11-19(23-16)24-12-14-25(15-13-24)21(27)28-22(2,3)4/h5-11,20,26H,12-15H2,1-4H3/t20-/m0/s1. The summed E-state index contributed by atoms with van der Waals surface area (Å²) in [6, 6.07) is 13.5. The molecular formula is C22H29N3O3. The van der Waals surface area contributed by atoms with E-state index in [0.29, 0.717) is 26.2 Å². The van der Waals surface area contributed by atoms with Crippen molar-refractivity contribution in [1.82, 2.24) is 9.88 Å². The molecule has 2 aromatic rings. The second-order valence-electron chi connectivity index (χ2n) is 8.11. The molecule has 1 saturated heterocycles. The summed E-state index contributed by atoms with van der Waals surface area (Å²) in [6.45, 7) is 10.1. The molecule has 1 aromatic heterocycles. The number of ether oxygens (including phenoxy) is 1. The molecule has 28 heavy (non-hydrogen) atoms. The van der Waals surface area contributed by atoms with E-state index in [4.69, 9.17) is 9.72 Å². The molecule has 1 aliphatic heterocycles. The number of pyridine rings is 1. The highest BCUT2D eigenvalue weighted by molar-refractivity contribution is 5.68. The zero-order valence-corrected chi connectivity index (χ0v) is 17.1. The summed E-state index contributed by atoms with van der Waals surface area (Å²) in [6.07, 6.45) is -0.954. The van der Waals surface area contributed by atoms with Crippen LogP contribution in [0.3, 0.4) is 0 Å². The highest BCUT2D eigenvalue weighted by Gasteiger charge is 2.26. The number of hydrogen-bond donors (Lipinski definition) is 1. The molecule has 0 spiro atoms. The van der Waals surface area contributed by atoms with Gasteiger partial charge in [0.2, 0.25) is 0 Å². The third kappa shape index (κ3) is 4.81. The maximum absolute atomic E-state index is 12.2. The lowest BCUT2D eigenvalue weighted by Crippen LogP contribution is -2.50. The molecule has 0 aliphatic carbocycles. The zero-order chi connectivity index (χ0) is 20.3. The first kappa shape index (κ1) is 20.1. The second kappa shape index (κ2) is 8.19. The smallest absolute Gasteiger partial charge is 0.410 e. The Bertz CT molecular complexity index is 810. The van der Waals surface area contributed by atoms with Crippen LogP contribution in [0.4, 0.5) is 10.6 Å². The van der Waals surface area contributed by atoms with Crippen LogP contribution in [0.15, 0.2) is 42.5 Å². The summed E-state index contributed by atoms with van der Waals surface area (Å²) in [5, 5.41) is 10.7. The van der Waals surface area contributed by atoms with E-state index in [-0.39, 0.29) is 6.09 Å². The van der Waals surface area contributed by atoms with E-state index in [1.807, 2.05) is 70.2 Å². The largest absolute Gasteiger partial charge is 0.444 e. The van der Waals surface area contributed by atoms with Gasteiger partial charge in [0.1, 0.15) is 17.5 Å². The molecule has 0 saturated carbocycles. The lowest BCUT2D eigenvalue weighted by molar-refractivity contribution is 0.0240. The van der Waals surface area contributed by atoms with Gasteiger partial charge >= 0.3 is 6.09 Å². The van der Waals surface area contributed by atoms with Crippen LogP contribution >= 0.6 is 0 Å². The average molecular weight is 383 g/mol. The molecule has 0 radical (unpaired) electrons. The number of nitrogens with zero attached hydrogens (tertiary/aromatic N) is 3. The molecule has 1 N–H and O–H groups in total. The van der Waals surface area contributed by atoms with Crippen LogP contribution in [0.5, 0.6) is 0 Å². The normalized spacial score (nSPS) is 16.0. The number of piperazine rings is 1. The Hall–Kier alpha value is -2.60. The fraction of sp³-hybridized carbons (Fsp3) is 0.455. The summed E-state index contributed by atoms with van der Waals surface area (Å²) in [5.74, 6) is 0.866. The van der Waals surface area contributed by atoms with Gasteiger partial charge in [0.25, 0.3) is 0 Å². The maximum atomic E-state index is 12.2. The Labute approximate surface area is 166 Å². The fourth-order valence-corrected chi connectivity index (χ4v) is 3.28. The van der Waals surface area contributed by atoms with Gasteiger partial charge in [-0.2, -0.15) is 0 Å². The number of anilines is 1. The molecule has 2 heterocycles. The van der Waals surface area contributed by atoms with Crippen molar-refractivity contribution in [3.05, 3.63) is 59.3 Å². The highest BCUT2D eigenvalue weighted by Crippen LogP contribution is 2.26. The molecule has 150 valence electrons. The van der Waals surface area contributed by atoms with Gasteiger partial charge < -0.3 is 19.6 Å². The van der Waals surface area contributed by atoms with Crippen LogP contribution in [-0.2, 0) is 4.74 Å². The van der Waals surface area contributed by atoms with Crippen LogP contribution in [0, 0.1) is 6.92 Å². The maximum Gasteiger partial charge on any atom is 0.410 e. The Kier molecular flexibility index (Phi) is 5.89. The molecule has 1 amide bonds. The number of aliphatic hydroxyl groups is 1. The van der Waals surface area contributed by atoms with Gasteiger partial charge in [-0.25, -0.2) is 9.78 Å². The summed E-state index contributed by atoms with van der Waals surface area (Å²) < 4.78 is 5.45. The minimum Gasteiger partial charge on any atom is -0.444 e. The van der Waals surface area contributed by atoms with Gasteiger partial charge in [-0.05, 0) is 39.3 Å². The van der Waals surface area contributed by atoms with Gasteiger partial charge in [0.05, 0.1) is 0 Å². The highest BCUT2D eigenvalue weighted by atomic mass is 16.6. The second-order valence-corrected chi connectivity index (χ2v) is 8.11. The molecule has 1 aromatic carbocycles. The van der Waals surface area contributed by atoms with Crippen molar-refractivity contribution in [3.63, 3.8) is 0 Å². The molecule has 6 nitrogen and oxygen atoms in total. The number of aliphatic hydroxyl groups excluding tert-OH is 1. The van der Waals surface area contributed by atoms with Crippen LogP contribution in [-0.4, -0.2) is 52.9 Å². The number of aryl methyl sites for hydroxylation is 1. The van der Waals surface area contributed by atoms with E-state index >= 15 is 0 Å². The van der Waals surface area contributed by atoms with Gasteiger partial charge in [-0.1, -0.05) is 36.4 Å². The van der Waals surface area contributed by atoms with Crippen molar-refractivity contribution >= 4 is 11.9 Å². The first-order valence-corrected chi connectivity index (χ1v) is 9.68. The number of carbonyl (C=O) groups is 1.